The molecular weight excluding hydrogens is 304 g/mol. The largest absolute Gasteiger partial charge is 0.481 e. The van der Waals surface area contributed by atoms with Crippen LogP contribution in [0.25, 0.3) is 0 Å². The number of aliphatic carboxylic acids is 1. The smallest absolute Gasteiger partial charge is 0.303 e. The Kier molecular flexibility index (Phi) is 5.51. The number of fused-ring (bicyclic) bond motifs is 1. The molecule has 0 aromatic carbocycles. The second-order valence-corrected chi connectivity index (χ2v) is 9.11. The van der Waals surface area contributed by atoms with E-state index < -0.39 is 18.2 Å². The van der Waals surface area contributed by atoms with Gasteiger partial charge in [0.2, 0.25) is 0 Å². The first-order chi connectivity index (χ1) is 11.0. The molecule has 0 spiro atoms. The molecule has 138 valence electrons. The van der Waals surface area contributed by atoms with Gasteiger partial charge in [-0.05, 0) is 61.2 Å². The van der Waals surface area contributed by atoms with Gasteiger partial charge in [0.15, 0.2) is 0 Å². The lowest BCUT2D eigenvalue weighted by atomic mass is 9.46. The lowest BCUT2D eigenvalue weighted by Gasteiger charge is -2.59. The van der Waals surface area contributed by atoms with Crippen molar-refractivity contribution in [3.8, 4) is 0 Å². The summed E-state index contributed by atoms with van der Waals surface area (Å²) in [6.07, 6.45) is 4.52. The summed E-state index contributed by atoms with van der Waals surface area (Å²) < 4.78 is 0. The van der Waals surface area contributed by atoms with Crippen LogP contribution in [0.5, 0.6) is 0 Å². The molecule has 0 bridgehead atoms. The molecule has 2 aliphatic rings. The SMILES string of the molecule is CC1=CC[C@H]2C(C)(C)[C@H](O)[C@H](O)C[C@]2(C)[C@H]1CC[C@@H](C)CC(=O)O. The molecule has 0 aliphatic heterocycles. The van der Waals surface area contributed by atoms with Gasteiger partial charge in [-0.25, -0.2) is 0 Å². The van der Waals surface area contributed by atoms with Gasteiger partial charge in [-0.15, -0.1) is 0 Å². The Morgan fingerprint density at radius 2 is 1.96 bits per heavy atom. The molecule has 0 amide bonds. The fourth-order valence-corrected chi connectivity index (χ4v) is 5.59. The van der Waals surface area contributed by atoms with Crippen molar-refractivity contribution in [2.75, 3.05) is 0 Å². The molecule has 0 aromatic rings. The zero-order chi connectivity index (χ0) is 18.3. The first-order valence-corrected chi connectivity index (χ1v) is 9.24. The minimum absolute atomic E-state index is 0.0517. The highest BCUT2D eigenvalue weighted by molar-refractivity contribution is 5.66. The van der Waals surface area contributed by atoms with Crippen LogP contribution in [-0.2, 0) is 4.79 Å². The Balaban J connectivity index is 2.22. The molecule has 1 fully saturated rings. The van der Waals surface area contributed by atoms with E-state index in [0.29, 0.717) is 18.3 Å². The van der Waals surface area contributed by atoms with E-state index in [0.717, 1.165) is 19.3 Å². The number of hydrogen-bond acceptors (Lipinski definition) is 3. The molecule has 0 saturated heterocycles. The van der Waals surface area contributed by atoms with E-state index in [1.807, 2.05) is 6.92 Å². The highest BCUT2D eigenvalue weighted by atomic mass is 16.4. The first kappa shape index (κ1) is 19.5. The summed E-state index contributed by atoms with van der Waals surface area (Å²) in [6.45, 7) is 10.6. The van der Waals surface area contributed by atoms with Gasteiger partial charge < -0.3 is 15.3 Å². The molecule has 2 rings (SSSR count). The quantitative estimate of drug-likeness (QED) is 0.669. The number of rotatable bonds is 5. The van der Waals surface area contributed by atoms with Crippen LogP contribution in [0.1, 0.15) is 66.7 Å². The van der Waals surface area contributed by atoms with E-state index >= 15 is 0 Å². The lowest BCUT2D eigenvalue weighted by Crippen LogP contribution is -2.59. The summed E-state index contributed by atoms with van der Waals surface area (Å²) >= 11 is 0. The van der Waals surface area contributed by atoms with Crippen LogP contribution < -0.4 is 0 Å². The number of carboxylic acids is 1. The van der Waals surface area contributed by atoms with Gasteiger partial charge in [-0.2, -0.15) is 0 Å². The van der Waals surface area contributed by atoms with E-state index in [4.69, 9.17) is 5.11 Å². The monoisotopic (exact) mass is 338 g/mol. The fraction of sp³-hybridized carbons (Fsp3) is 0.850. The van der Waals surface area contributed by atoms with Gasteiger partial charge in [0.1, 0.15) is 0 Å². The standard InChI is InChI=1S/C20H34O4/c1-12(10-17(22)23)6-8-14-13(2)7-9-16-19(3,4)18(24)15(21)11-20(14,16)5/h7,12,14-16,18,21,24H,6,8-11H2,1-5H3,(H,22,23)/t12-,14+,15-,16+,18-,20-/m1/s1. The molecule has 3 N–H and O–H groups in total. The van der Waals surface area contributed by atoms with E-state index in [-0.39, 0.29) is 23.2 Å². The van der Waals surface area contributed by atoms with Crippen molar-refractivity contribution in [2.45, 2.75) is 78.9 Å². The Morgan fingerprint density at radius 3 is 2.54 bits per heavy atom. The van der Waals surface area contributed by atoms with E-state index in [1.54, 1.807) is 0 Å². The fourth-order valence-electron chi connectivity index (χ4n) is 5.59. The molecule has 0 unspecified atom stereocenters. The van der Waals surface area contributed by atoms with Crippen molar-refractivity contribution >= 4 is 5.97 Å². The molecule has 24 heavy (non-hydrogen) atoms. The average molecular weight is 338 g/mol. The Hall–Kier alpha value is -0.870. The van der Waals surface area contributed by atoms with Gasteiger partial charge in [-0.1, -0.05) is 39.3 Å². The summed E-state index contributed by atoms with van der Waals surface area (Å²) in [6, 6.07) is 0. The maximum absolute atomic E-state index is 10.9. The summed E-state index contributed by atoms with van der Waals surface area (Å²) in [4.78, 5) is 10.9. The van der Waals surface area contributed by atoms with Crippen LogP contribution in [0, 0.1) is 28.6 Å². The minimum atomic E-state index is -0.736. The number of carbonyl (C=O) groups is 1. The van der Waals surface area contributed by atoms with Crippen molar-refractivity contribution in [2.24, 2.45) is 28.6 Å². The third-order valence-electron chi connectivity index (χ3n) is 6.96. The number of carboxylic acid groups (broad SMARTS) is 1. The summed E-state index contributed by atoms with van der Waals surface area (Å²) in [5.74, 6) is 0.0898. The van der Waals surface area contributed by atoms with E-state index in [2.05, 4.69) is 33.8 Å². The van der Waals surface area contributed by atoms with Gasteiger partial charge in [0, 0.05) is 6.42 Å². The number of aliphatic hydroxyl groups excluding tert-OH is 2. The van der Waals surface area contributed by atoms with Crippen molar-refractivity contribution in [3.63, 3.8) is 0 Å². The normalized spacial score (nSPS) is 39.7. The number of hydrogen-bond donors (Lipinski definition) is 3. The van der Waals surface area contributed by atoms with E-state index in [1.165, 1.54) is 5.57 Å². The summed E-state index contributed by atoms with van der Waals surface area (Å²) in [5, 5.41) is 29.9. The summed E-state index contributed by atoms with van der Waals surface area (Å²) in [5.41, 5.74) is 0.981. The zero-order valence-electron chi connectivity index (χ0n) is 15.7. The molecule has 1 saturated carbocycles. The Bertz CT molecular complexity index is 510. The van der Waals surface area contributed by atoms with Crippen LogP contribution in [0.15, 0.2) is 11.6 Å². The molecule has 6 atom stereocenters. The van der Waals surface area contributed by atoms with Crippen molar-refractivity contribution < 1.29 is 20.1 Å². The zero-order valence-corrected chi connectivity index (χ0v) is 15.7. The minimum Gasteiger partial charge on any atom is -0.481 e. The van der Waals surface area contributed by atoms with Crippen molar-refractivity contribution in [1.29, 1.82) is 0 Å². The number of allylic oxidation sites excluding steroid dienone is 2. The second kappa shape index (κ2) is 6.80. The molecule has 0 radical (unpaired) electrons. The third kappa shape index (κ3) is 3.41. The average Bonchev–Trinajstić information content (AvgIpc) is 2.43. The highest BCUT2D eigenvalue weighted by Gasteiger charge is 2.57. The predicted molar refractivity (Wildman–Crippen MR) is 94.5 cm³/mol. The predicted octanol–water partition coefficient (Wildman–Crippen LogP) is 3.62. The van der Waals surface area contributed by atoms with Crippen LogP contribution in [0.4, 0.5) is 0 Å². The third-order valence-corrected chi connectivity index (χ3v) is 6.96. The molecule has 0 aromatic heterocycles. The van der Waals surface area contributed by atoms with Crippen molar-refractivity contribution in [3.05, 3.63) is 11.6 Å². The number of aliphatic hydroxyl groups is 2. The maximum atomic E-state index is 10.9. The van der Waals surface area contributed by atoms with Crippen molar-refractivity contribution in [1.82, 2.24) is 0 Å². The molecule has 2 aliphatic carbocycles. The van der Waals surface area contributed by atoms with Gasteiger partial charge >= 0.3 is 5.97 Å². The van der Waals surface area contributed by atoms with Gasteiger partial charge in [0.05, 0.1) is 12.2 Å². The van der Waals surface area contributed by atoms with Crippen LogP contribution in [0.3, 0.4) is 0 Å². The van der Waals surface area contributed by atoms with E-state index in [9.17, 15) is 15.0 Å². The lowest BCUT2D eigenvalue weighted by molar-refractivity contribution is -0.174. The summed E-state index contributed by atoms with van der Waals surface area (Å²) in [7, 11) is 0. The van der Waals surface area contributed by atoms with Crippen LogP contribution >= 0.6 is 0 Å². The molecule has 0 heterocycles. The maximum Gasteiger partial charge on any atom is 0.303 e. The molecular formula is C20H34O4. The first-order valence-electron chi connectivity index (χ1n) is 9.24. The van der Waals surface area contributed by atoms with Gasteiger partial charge in [-0.3, -0.25) is 4.79 Å². The van der Waals surface area contributed by atoms with Crippen LogP contribution in [0.2, 0.25) is 0 Å². The topological polar surface area (TPSA) is 77.8 Å². The highest BCUT2D eigenvalue weighted by Crippen LogP contribution is 2.60. The van der Waals surface area contributed by atoms with Crippen LogP contribution in [-0.4, -0.2) is 33.5 Å². The van der Waals surface area contributed by atoms with Gasteiger partial charge in [0.25, 0.3) is 0 Å². The Labute approximate surface area is 146 Å². The second-order valence-electron chi connectivity index (χ2n) is 9.11. The Morgan fingerprint density at radius 1 is 1.33 bits per heavy atom. The molecule has 4 nitrogen and oxygen atoms in total. The molecule has 4 heteroatoms.